The standard InChI is InChI=1S/C24H24F4N4O2S/c1-13-10-29-7-8-31(13)22-17-9-18(24(26,27)28)19(14-3-5-15(25)6-4-14)21-20(17)32(23(33)30-22)11-16(34-2)12-35-21/h3-6,9,13,16,29H,7-8,10-12H2,1-2H3/t13-,16-/m0/s1. The fourth-order valence-corrected chi connectivity index (χ4v) is 6.10. The molecule has 0 unspecified atom stereocenters. The Morgan fingerprint density at radius 1 is 1.23 bits per heavy atom. The third kappa shape index (κ3) is 4.30. The van der Waals surface area contributed by atoms with Gasteiger partial charge in [0.05, 0.1) is 23.7 Å². The predicted molar refractivity (Wildman–Crippen MR) is 128 cm³/mol. The van der Waals surface area contributed by atoms with E-state index in [1.54, 1.807) is 0 Å². The number of benzene rings is 2. The third-order valence-electron chi connectivity index (χ3n) is 6.54. The van der Waals surface area contributed by atoms with E-state index < -0.39 is 29.4 Å². The Bertz CT molecular complexity index is 1330. The zero-order chi connectivity index (χ0) is 24.9. The Balaban J connectivity index is 1.91. The van der Waals surface area contributed by atoms with E-state index >= 15 is 0 Å². The van der Waals surface area contributed by atoms with Crippen LogP contribution >= 0.6 is 11.8 Å². The fourth-order valence-electron chi connectivity index (χ4n) is 4.78. The number of hydrogen-bond donors (Lipinski definition) is 1. The largest absolute Gasteiger partial charge is 0.417 e. The monoisotopic (exact) mass is 508 g/mol. The average Bonchev–Trinajstić information content (AvgIpc) is 3.02. The first-order valence-electron chi connectivity index (χ1n) is 11.3. The molecule has 3 heterocycles. The van der Waals surface area contributed by atoms with Crippen molar-refractivity contribution in [3.8, 4) is 11.1 Å². The number of piperazine rings is 1. The van der Waals surface area contributed by atoms with E-state index in [0.717, 1.165) is 18.2 Å². The molecule has 1 fully saturated rings. The van der Waals surface area contributed by atoms with E-state index in [1.165, 1.54) is 35.6 Å². The molecular formula is C24H24F4N4O2S. The minimum Gasteiger partial charge on any atom is -0.379 e. The van der Waals surface area contributed by atoms with E-state index in [1.807, 2.05) is 11.8 Å². The van der Waals surface area contributed by atoms with Gasteiger partial charge in [0.2, 0.25) is 0 Å². The zero-order valence-corrected chi connectivity index (χ0v) is 20.0. The van der Waals surface area contributed by atoms with Gasteiger partial charge < -0.3 is 15.0 Å². The van der Waals surface area contributed by atoms with Crippen molar-refractivity contribution in [2.45, 2.75) is 36.7 Å². The first-order valence-corrected chi connectivity index (χ1v) is 12.2. The second-order valence-electron chi connectivity index (χ2n) is 8.77. The Labute approximate surface area is 203 Å². The Hall–Kier alpha value is -2.63. The zero-order valence-electron chi connectivity index (χ0n) is 19.2. The van der Waals surface area contributed by atoms with Crippen molar-refractivity contribution >= 4 is 28.5 Å². The number of ether oxygens (including phenoxy) is 1. The maximum Gasteiger partial charge on any atom is 0.417 e. The quantitative estimate of drug-likeness (QED) is 0.537. The van der Waals surface area contributed by atoms with E-state index in [0.29, 0.717) is 35.8 Å². The SMILES string of the molecule is CO[C@@H]1CSc2c(-c3ccc(F)cc3)c(C(F)(F)F)cc3c(N4CCNC[C@@H]4C)nc(=O)n(c23)C1. The second kappa shape index (κ2) is 9.11. The normalized spacial score (nSPS) is 20.8. The summed E-state index contributed by atoms with van der Waals surface area (Å²) in [6, 6.07) is 5.99. The summed E-state index contributed by atoms with van der Waals surface area (Å²) in [5, 5.41) is 3.53. The van der Waals surface area contributed by atoms with Crippen molar-refractivity contribution in [2.24, 2.45) is 0 Å². The number of halogens is 4. The molecule has 1 N–H and O–H groups in total. The van der Waals surface area contributed by atoms with Crippen LogP contribution in [0.25, 0.3) is 22.0 Å². The minimum absolute atomic E-state index is 0.0613. The van der Waals surface area contributed by atoms with Gasteiger partial charge in [-0.3, -0.25) is 4.57 Å². The van der Waals surface area contributed by atoms with Gasteiger partial charge >= 0.3 is 11.9 Å². The first-order chi connectivity index (χ1) is 16.7. The number of thioether (sulfide) groups is 1. The summed E-state index contributed by atoms with van der Waals surface area (Å²) in [5.74, 6) is 0.0583. The molecule has 0 aliphatic carbocycles. The van der Waals surface area contributed by atoms with Gasteiger partial charge in [0.15, 0.2) is 0 Å². The molecule has 0 spiro atoms. The molecule has 35 heavy (non-hydrogen) atoms. The topological polar surface area (TPSA) is 59.4 Å². The van der Waals surface area contributed by atoms with Crippen LogP contribution in [0.3, 0.4) is 0 Å². The summed E-state index contributed by atoms with van der Waals surface area (Å²) in [7, 11) is 1.51. The Morgan fingerprint density at radius 3 is 2.63 bits per heavy atom. The van der Waals surface area contributed by atoms with Gasteiger partial charge in [-0.2, -0.15) is 18.2 Å². The van der Waals surface area contributed by atoms with Crippen LogP contribution in [0.5, 0.6) is 0 Å². The molecule has 0 amide bonds. The van der Waals surface area contributed by atoms with E-state index in [9.17, 15) is 22.4 Å². The van der Waals surface area contributed by atoms with Crippen molar-refractivity contribution in [1.82, 2.24) is 14.9 Å². The number of aromatic nitrogens is 2. The molecule has 5 rings (SSSR count). The number of methoxy groups -OCH3 is 1. The highest BCUT2D eigenvalue weighted by atomic mass is 32.2. The van der Waals surface area contributed by atoms with E-state index in [4.69, 9.17) is 4.74 Å². The summed E-state index contributed by atoms with van der Waals surface area (Å²) < 4.78 is 64.2. The maximum atomic E-state index is 14.5. The fraction of sp³-hybridized carbons (Fsp3) is 0.417. The van der Waals surface area contributed by atoms with Crippen LogP contribution in [-0.4, -0.2) is 54.2 Å². The van der Waals surface area contributed by atoms with Gasteiger partial charge in [0.25, 0.3) is 0 Å². The molecule has 1 saturated heterocycles. The average molecular weight is 509 g/mol. The second-order valence-corrected chi connectivity index (χ2v) is 9.80. The number of nitrogens with one attached hydrogen (secondary N) is 1. The van der Waals surface area contributed by atoms with Crippen LogP contribution in [0.4, 0.5) is 23.4 Å². The van der Waals surface area contributed by atoms with E-state index in [-0.39, 0.29) is 34.9 Å². The molecular weight excluding hydrogens is 484 g/mol. The maximum absolute atomic E-state index is 14.5. The van der Waals surface area contributed by atoms with Gasteiger partial charge in [-0.1, -0.05) is 12.1 Å². The number of rotatable bonds is 3. The highest BCUT2D eigenvalue weighted by Crippen LogP contribution is 2.48. The van der Waals surface area contributed by atoms with Crippen molar-refractivity contribution in [3.05, 3.63) is 52.2 Å². The molecule has 0 saturated carbocycles. The van der Waals surface area contributed by atoms with Crippen LogP contribution in [0.1, 0.15) is 12.5 Å². The predicted octanol–water partition coefficient (Wildman–Crippen LogP) is 4.14. The number of alkyl halides is 3. The molecule has 2 aliphatic heterocycles. The molecule has 2 aliphatic rings. The number of nitrogens with zero attached hydrogens (tertiary/aromatic N) is 3. The molecule has 1 aromatic heterocycles. The first kappa shape index (κ1) is 24.1. The molecule has 0 radical (unpaired) electrons. The molecule has 2 atom stereocenters. The van der Waals surface area contributed by atoms with Gasteiger partial charge in [-0.15, -0.1) is 11.8 Å². The molecule has 3 aromatic rings. The Morgan fingerprint density at radius 2 is 1.97 bits per heavy atom. The Kier molecular flexibility index (Phi) is 6.27. The highest BCUT2D eigenvalue weighted by molar-refractivity contribution is 7.99. The van der Waals surface area contributed by atoms with Gasteiger partial charge in [-0.05, 0) is 30.7 Å². The summed E-state index contributed by atoms with van der Waals surface area (Å²) >= 11 is 1.22. The lowest BCUT2D eigenvalue weighted by molar-refractivity contribution is -0.137. The summed E-state index contributed by atoms with van der Waals surface area (Å²) in [4.78, 5) is 19.8. The summed E-state index contributed by atoms with van der Waals surface area (Å²) in [5.41, 5.74) is -0.806. The van der Waals surface area contributed by atoms with Crippen molar-refractivity contribution < 1.29 is 22.3 Å². The molecule has 0 bridgehead atoms. The summed E-state index contributed by atoms with van der Waals surface area (Å²) in [6.45, 7) is 3.88. The van der Waals surface area contributed by atoms with Crippen LogP contribution in [0, 0.1) is 5.82 Å². The number of anilines is 1. The van der Waals surface area contributed by atoms with Crippen molar-refractivity contribution in [1.29, 1.82) is 0 Å². The number of hydrogen-bond acceptors (Lipinski definition) is 6. The highest BCUT2D eigenvalue weighted by Gasteiger charge is 2.38. The van der Waals surface area contributed by atoms with Gasteiger partial charge in [0.1, 0.15) is 11.6 Å². The van der Waals surface area contributed by atoms with Gasteiger partial charge in [0, 0.05) is 54.4 Å². The molecule has 186 valence electrons. The molecule has 6 nitrogen and oxygen atoms in total. The lowest BCUT2D eigenvalue weighted by Gasteiger charge is -2.36. The van der Waals surface area contributed by atoms with Crippen molar-refractivity contribution in [3.63, 3.8) is 0 Å². The van der Waals surface area contributed by atoms with Gasteiger partial charge in [-0.25, -0.2) is 9.18 Å². The molecule has 2 aromatic carbocycles. The molecule has 11 heteroatoms. The van der Waals surface area contributed by atoms with Crippen LogP contribution < -0.4 is 15.9 Å². The summed E-state index contributed by atoms with van der Waals surface area (Å²) in [6.07, 6.45) is -5.08. The lowest BCUT2D eigenvalue weighted by atomic mass is 9.96. The third-order valence-corrected chi connectivity index (χ3v) is 7.77. The lowest BCUT2D eigenvalue weighted by Crippen LogP contribution is -2.51. The van der Waals surface area contributed by atoms with Crippen LogP contribution in [-0.2, 0) is 17.5 Å². The minimum atomic E-state index is -4.69. The van der Waals surface area contributed by atoms with Crippen molar-refractivity contribution in [2.75, 3.05) is 37.4 Å². The smallest absolute Gasteiger partial charge is 0.379 e. The van der Waals surface area contributed by atoms with Crippen LogP contribution in [0.2, 0.25) is 0 Å². The van der Waals surface area contributed by atoms with E-state index in [2.05, 4.69) is 10.3 Å². The van der Waals surface area contributed by atoms with Crippen LogP contribution in [0.15, 0.2) is 40.0 Å².